The van der Waals surface area contributed by atoms with Gasteiger partial charge in [-0.15, -0.1) is 0 Å². The number of fused-ring (bicyclic) bond motifs is 1. The number of nitriles is 1. The minimum atomic E-state index is -0.304. The van der Waals surface area contributed by atoms with Crippen molar-refractivity contribution in [2.45, 2.75) is 31.4 Å². The van der Waals surface area contributed by atoms with Gasteiger partial charge in [-0.2, -0.15) is 5.26 Å². The van der Waals surface area contributed by atoms with Crippen molar-refractivity contribution in [2.75, 3.05) is 18.1 Å². The molecule has 1 saturated heterocycles. The van der Waals surface area contributed by atoms with E-state index in [1.165, 1.54) is 6.07 Å². The van der Waals surface area contributed by atoms with E-state index in [0.717, 1.165) is 25.8 Å². The fourth-order valence-corrected chi connectivity index (χ4v) is 3.03. The van der Waals surface area contributed by atoms with E-state index >= 15 is 0 Å². The molecule has 0 bridgehead atoms. The van der Waals surface area contributed by atoms with Crippen LogP contribution in [0.25, 0.3) is 0 Å². The molecule has 94 valence electrons. The number of nitrogens with zero attached hydrogens (tertiary/aromatic N) is 2. The second-order valence-corrected chi connectivity index (χ2v) is 4.88. The maximum absolute atomic E-state index is 14.0. The number of anilines is 1. The zero-order chi connectivity index (χ0) is 12.5. The summed E-state index contributed by atoms with van der Waals surface area (Å²) in [6, 6.07) is 6.96. The second kappa shape index (κ2) is 4.58. The molecule has 2 atom stereocenters. The van der Waals surface area contributed by atoms with Gasteiger partial charge in [0.2, 0.25) is 0 Å². The summed E-state index contributed by atoms with van der Waals surface area (Å²) < 4.78 is 19.8. The zero-order valence-electron chi connectivity index (χ0n) is 10.1. The Hall–Kier alpha value is -1.60. The molecule has 0 radical (unpaired) electrons. The SMILES string of the molecule is N#Cc1ccc(N2CCO[C@H]3CCC[C@@H]32)c(F)c1. The van der Waals surface area contributed by atoms with Gasteiger partial charge >= 0.3 is 0 Å². The van der Waals surface area contributed by atoms with Crippen LogP contribution in [0.1, 0.15) is 24.8 Å². The molecule has 0 spiro atoms. The maximum Gasteiger partial charge on any atom is 0.147 e. The molecule has 0 N–H and O–H groups in total. The highest BCUT2D eigenvalue weighted by atomic mass is 19.1. The third-order valence-corrected chi connectivity index (χ3v) is 3.87. The molecule has 0 amide bonds. The molecule has 18 heavy (non-hydrogen) atoms. The lowest BCUT2D eigenvalue weighted by molar-refractivity contribution is 0.0254. The third-order valence-electron chi connectivity index (χ3n) is 3.87. The fourth-order valence-electron chi connectivity index (χ4n) is 3.03. The quantitative estimate of drug-likeness (QED) is 0.763. The molecule has 2 fully saturated rings. The minimum Gasteiger partial charge on any atom is -0.374 e. The van der Waals surface area contributed by atoms with Crippen molar-refractivity contribution in [3.05, 3.63) is 29.6 Å². The van der Waals surface area contributed by atoms with Crippen molar-refractivity contribution < 1.29 is 9.13 Å². The van der Waals surface area contributed by atoms with E-state index in [1.807, 2.05) is 6.07 Å². The van der Waals surface area contributed by atoms with Gasteiger partial charge in [0.1, 0.15) is 5.82 Å². The number of hydrogen-bond acceptors (Lipinski definition) is 3. The molecule has 1 heterocycles. The molecule has 1 aromatic carbocycles. The maximum atomic E-state index is 14.0. The van der Waals surface area contributed by atoms with Crippen molar-refractivity contribution in [1.29, 1.82) is 5.26 Å². The number of morpholine rings is 1. The van der Waals surface area contributed by atoms with E-state index in [-0.39, 0.29) is 11.9 Å². The van der Waals surface area contributed by atoms with E-state index in [4.69, 9.17) is 10.00 Å². The standard InChI is InChI=1S/C14H15FN2O/c15-11-8-10(9-16)4-5-12(11)17-6-7-18-14-3-1-2-13(14)17/h4-5,8,13-14H,1-3,6-7H2/t13-,14-/m0/s1. The first kappa shape index (κ1) is 11.5. The lowest BCUT2D eigenvalue weighted by Crippen LogP contribution is -2.49. The smallest absolute Gasteiger partial charge is 0.147 e. The van der Waals surface area contributed by atoms with E-state index < -0.39 is 0 Å². The molecular weight excluding hydrogens is 231 g/mol. The summed E-state index contributed by atoms with van der Waals surface area (Å²) in [4.78, 5) is 2.11. The highest BCUT2D eigenvalue weighted by Gasteiger charge is 2.36. The largest absolute Gasteiger partial charge is 0.374 e. The van der Waals surface area contributed by atoms with Gasteiger partial charge in [-0.05, 0) is 37.5 Å². The van der Waals surface area contributed by atoms with Crippen LogP contribution < -0.4 is 4.90 Å². The molecule has 1 saturated carbocycles. The van der Waals surface area contributed by atoms with Crippen molar-refractivity contribution in [1.82, 2.24) is 0 Å². The zero-order valence-corrected chi connectivity index (χ0v) is 10.1. The summed E-state index contributed by atoms with van der Waals surface area (Å²) in [5.74, 6) is -0.304. The molecule has 1 aliphatic heterocycles. The van der Waals surface area contributed by atoms with Crippen LogP contribution in [-0.2, 0) is 4.74 Å². The van der Waals surface area contributed by atoms with E-state index in [9.17, 15) is 4.39 Å². The average Bonchev–Trinajstić information content (AvgIpc) is 2.87. The van der Waals surface area contributed by atoms with E-state index in [2.05, 4.69) is 4.90 Å². The van der Waals surface area contributed by atoms with Crippen LogP contribution in [0.15, 0.2) is 18.2 Å². The van der Waals surface area contributed by atoms with Crippen LogP contribution in [0.3, 0.4) is 0 Å². The van der Waals surface area contributed by atoms with Crippen LogP contribution in [0.4, 0.5) is 10.1 Å². The van der Waals surface area contributed by atoms with Crippen LogP contribution in [0, 0.1) is 17.1 Å². The average molecular weight is 246 g/mol. The highest BCUT2D eigenvalue weighted by Crippen LogP contribution is 2.34. The van der Waals surface area contributed by atoms with Crippen LogP contribution in [0.2, 0.25) is 0 Å². The summed E-state index contributed by atoms with van der Waals surface area (Å²) in [7, 11) is 0. The van der Waals surface area contributed by atoms with Crippen molar-refractivity contribution in [3.63, 3.8) is 0 Å². The summed E-state index contributed by atoms with van der Waals surface area (Å²) in [5, 5.41) is 8.76. The third kappa shape index (κ3) is 1.85. The van der Waals surface area contributed by atoms with Gasteiger partial charge < -0.3 is 9.64 Å². The Morgan fingerprint density at radius 3 is 3.06 bits per heavy atom. The van der Waals surface area contributed by atoms with E-state index in [1.54, 1.807) is 12.1 Å². The fraction of sp³-hybridized carbons (Fsp3) is 0.500. The lowest BCUT2D eigenvalue weighted by atomic mass is 10.1. The Bertz CT molecular complexity index is 497. The predicted molar refractivity (Wildman–Crippen MR) is 65.8 cm³/mol. The summed E-state index contributed by atoms with van der Waals surface area (Å²) in [6.45, 7) is 1.38. The summed E-state index contributed by atoms with van der Waals surface area (Å²) >= 11 is 0. The molecule has 0 aromatic heterocycles. The Kier molecular flexibility index (Phi) is 2.92. The van der Waals surface area contributed by atoms with Crippen LogP contribution in [-0.4, -0.2) is 25.3 Å². The van der Waals surface area contributed by atoms with Crippen LogP contribution in [0.5, 0.6) is 0 Å². The second-order valence-electron chi connectivity index (χ2n) is 4.88. The normalized spacial score (nSPS) is 26.8. The van der Waals surface area contributed by atoms with Crippen molar-refractivity contribution >= 4 is 5.69 Å². The first-order valence-electron chi connectivity index (χ1n) is 6.37. The molecular formula is C14H15FN2O. The Morgan fingerprint density at radius 2 is 2.28 bits per heavy atom. The number of ether oxygens (including phenoxy) is 1. The van der Waals surface area contributed by atoms with Crippen molar-refractivity contribution in [2.24, 2.45) is 0 Å². The molecule has 0 unspecified atom stereocenters. The number of halogens is 1. The van der Waals surface area contributed by atoms with Gasteiger partial charge in [-0.3, -0.25) is 0 Å². The van der Waals surface area contributed by atoms with Gasteiger partial charge in [-0.1, -0.05) is 0 Å². The topological polar surface area (TPSA) is 36.3 Å². The molecule has 3 nitrogen and oxygen atoms in total. The van der Waals surface area contributed by atoms with Gasteiger partial charge in [-0.25, -0.2) is 4.39 Å². The number of rotatable bonds is 1. The van der Waals surface area contributed by atoms with Gasteiger partial charge in [0, 0.05) is 6.54 Å². The molecule has 4 heteroatoms. The van der Waals surface area contributed by atoms with Gasteiger partial charge in [0.25, 0.3) is 0 Å². The van der Waals surface area contributed by atoms with Gasteiger partial charge in [0.15, 0.2) is 0 Å². The predicted octanol–water partition coefficient (Wildman–Crippen LogP) is 2.46. The molecule has 2 aliphatic rings. The first-order chi connectivity index (χ1) is 8.79. The molecule has 1 aliphatic carbocycles. The van der Waals surface area contributed by atoms with Crippen LogP contribution >= 0.6 is 0 Å². The highest BCUT2D eigenvalue weighted by molar-refractivity contribution is 5.52. The van der Waals surface area contributed by atoms with E-state index in [0.29, 0.717) is 23.9 Å². The van der Waals surface area contributed by atoms with Crippen molar-refractivity contribution in [3.8, 4) is 6.07 Å². The Labute approximate surface area is 106 Å². The first-order valence-corrected chi connectivity index (χ1v) is 6.37. The molecule has 3 rings (SSSR count). The monoisotopic (exact) mass is 246 g/mol. The Balaban J connectivity index is 1.92. The lowest BCUT2D eigenvalue weighted by Gasteiger charge is -2.39. The minimum absolute atomic E-state index is 0.244. The number of hydrogen-bond donors (Lipinski definition) is 0. The summed E-state index contributed by atoms with van der Waals surface area (Å²) in [6.07, 6.45) is 3.51. The van der Waals surface area contributed by atoms with Gasteiger partial charge in [0.05, 0.1) is 36.1 Å². The summed E-state index contributed by atoms with van der Waals surface area (Å²) in [5.41, 5.74) is 0.974. The number of benzene rings is 1. The Morgan fingerprint density at radius 1 is 1.39 bits per heavy atom. The molecule has 1 aromatic rings.